The van der Waals surface area contributed by atoms with Crippen molar-refractivity contribution >= 4 is 56.0 Å². The number of benzene rings is 2. The van der Waals surface area contributed by atoms with E-state index >= 15 is 0 Å². The quantitative estimate of drug-likeness (QED) is 0.512. The van der Waals surface area contributed by atoms with Gasteiger partial charge in [-0.3, -0.25) is 4.72 Å². The lowest BCUT2D eigenvalue weighted by Gasteiger charge is -2.18. The highest BCUT2D eigenvalue weighted by Gasteiger charge is 2.25. The largest absolute Gasteiger partial charge is 0.465 e. The van der Waals surface area contributed by atoms with Gasteiger partial charge in [0.05, 0.1) is 28.7 Å². The van der Waals surface area contributed by atoms with E-state index in [9.17, 15) is 13.2 Å². The zero-order valence-corrected chi connectivity index (χ0v) is 18.5. The summed E-state index contributed by atoms with van der Waals surface area (Å²) in [7, 11) is -2.52. The van der Waals surface area contributed by atoms with E-state index in [0.717, 1.165) is 0 Å². The SMILES string of the molecule is COC(=O)c1cc(Nc2nc3ccccc3nc2NS(=O)(=O)C2C=CC=CC2)ccc1Cl. The maximum atomic E-state index is 13.0. The van der Waals surface area contributed by atoms with Crippen LogP contribution in [0.25, 0.3) is 11.0 Å². The highest BCUT2D eigenvalue weighted by molar-refractivity contribution is 7.93. The van der Waals surface area contributed by atoms with Gasteiger partial charge in [0.15, 0.2) is 11.6 Å². The fourth-order valence-corrected chi connectivity index (χ4v) is 4.58. The van der Waals surface area contributed by atoms with Crippen LogP contribution < -0.4 is 10.0 Å². The third kappa shape index (κ3) is 4.58. The van der Waals surface area contributed by atoms with E-state index in [2.05, 4.69) is 20.0 Å². The minimum atomic E-state index is -3.78. The Bertz CT molecular complexity index is 1360. The summed E-state index contributed by atoms with van der Waals surface area (Å²) < 4.78 is 33.2. The number of allylic oxidation sites excluding steroid dienone is 3. The summed E-state index contributed by atoms with van der Waals surface area (Å²) in [5.41, 5.74) is 1.72. The van der Waals surface area contributed by atoms with Gasteiger partial charge in [-0.1, -0.05) is 48.0 Å². The Balaban J connectivity index is 1.74. The third-order valence-corrected chi connectivity index (χ3v) is 6.74. The first-order valence-electron chi connectivity index (χ1n) is 9.64. The number of hydrogen-bond acceptors (Lipinski definition) is 7. The summed E-state index contributed by atoms with van der Waals surface area (Å²) in [6.45, 7) is 0. The Kier molecular flexibility index (Phi) is 6.11. The molecule has 1 aromatic heterocycles. The van der Waals surface area contributed by atoms with Crippen molar-refractivity contribution in [2.75, 3.05) is 17.1 Å². The molecule has 1 heterocycles. The van der Waals surface area contributed by atoms with Gasteiger partial charge in [0.1, 0.15) is 5.25 Å². The monoisotopic (exact) mass is 470 g/mol. The number of sulfonamides is 1. The van der Waals surface area contributed by atoms with Crippen molar-refractivity contribution in [1.82, 2.24) is 9.97 Å². The number of rotatable bonds is 6. The average Bonchev–Trinajstić information content (AvgIpc) is 2.80. The second-order valence-electron chi connectivity index (χ2n) is 6.96. The summed E-state index contributed by atoms with van der Waals surface area (Å²) in [4.78, 5) is 21.0. The molecule has 2 aromatic carbocycles. The number of fused-ring (bicyclic) bond motifs is 1. The van der Waals surface area contributed by atoms with Crippen LogP contribution >= 0.6 is 11.6 Å². The number of nitrogens with zero attached hydrogens (tertiary/aromatic N) is 2. The van der Waals surface area contributed by atoms with E-state index in [4.69, 9.17) is 16.3 Å². The highest BCUT2D eigenvalue weighted by Crippen LogP contribution is 2.29. The number of halogens is 1. The first-order chi connectivity index (χ1) is 15.4. The highest BCUT2D eigenvalue weighted by atomic mass is 35.5. The molecule has 164 valence electrons. The Morgan fingerprint density at radius 1 is 1.09 bits per heavy atom. The Morgan fingerprint density at radius 3 is 2.47 bits per heavy atom. The van der Waals surface area contributed by atoms with Gasteiger partial charge < -0.3 is 10.1 Å². The molecule has 1 aliphatic carbocycles. The predicted octanol–water partition coefficient (Wildman–Crippen LogP) is 4.44. The molecule has 0 spiro atoms. The smallest absolute Gasteiger partial charge is 0.339 e. The van der Waals surface area contributed by atoms with E-state index in [1.807, 2.05) is 0 Å². The van der Waals surface area contributed by atoms with Crippen molar-refractivity contribution in [3.05, 3.63) is 77.4 Å². The van der Waals surface area contributed by atoms with Crippen LogP contribution in [0.2, 0.25) is 5.02 Å². The lowest BCUT2D eigenvalue weighted by atomic mass is 10.2. The number of carbonyl (C=O) groups is 1. The van der Waals surface area contributed by atoms with Crippen LogP contribution in [0.3, 0.4) is 0 Å². The number of anilines is 3. The minimum Gasteiger partial charge on any atom is -0.465 e. The first kappa shape index (κ1) is 21.8. The van der Waals surface area contributed by atoms with Crippen LogP contribution in [0.4, 0.5) is 17.3 Å². The number of aromatic nitrogens is 2. The standard InChI is InChI=1S/C22H19ClN4O4S/c1-31-22(28)16-13-14(11-12-17(16)23)24-20-21(26-19-10-6-5-9-18(19)25-20)27-32(29,30)15-7-3-2-4-8-15/h2-7,9-13,15H,8H2,1H3,(H,24,25)(H,26,27). The van der Waals surface area contributed by atoms with Gasteiger partial charge in [0.2, 0.25) is 10.0 Å². The Morgan fingerprint density at radius 2 is 1.81 bits per heavy atom. The summed E-state index contributed by atoms with van der Waals surface area (Å²) in [5.74, 6) is -0.372. The number of esters is 1. The zero-order chi connectivity index (χ0) is 22.7. The summed E-state index contributed by atoms with van der Waals surface area (Å²) >= 11 is 6.10. The molecule has 8 nitrogen and oxygen atoms in total. The van der Waals surface area contributed by atoms with Gasteiger partial charge in [-0.25, -0.2) is 23.2 Å². The maximum Gasteiger partial charge on any atom is 0.339 e. The molecule has 0 amide bonds. The van der Waals surface area contributed by atoms with Crippen LogP contribution in [-0.2, 0) is 14.8 Å². The molecule has 4 rings (SSSR count). The molecule has 32 heavy (non-hydrogen) atoms. The van der Waals surface area contributed by atoms with Crippen molar-refractivity contribution in [2.24, 2.45) is 0 Å². The van der Waals surface area contributed by atoms with E-state index in [1.54, 1.807) is 54.6 Å². The lowest BCUT2D eigenvalue weighted by molar-refractivity contribution is 0.0601. The molecule has 1 aliphatic rings. The Hall–Kier alpha value is -3.43. The summed E-state index contributed by atoms with van der Waals surface area (Å²) in [6, 6.07) is 11.8. The minimum absolute atomic E-state index is 0.0428. The Labute approximate surface area is 190 Å². The first-order valence-corrected chi connectivity index (χ1v) is 11.6. The number of hydrogen-bond donors (Lipinski definition) is 2. The summed E-state index contributed by atoms with van der Waals surface area (Å²) in [5, 5.41) is 2.54. The van der Waals surface area contributed by atoms with E-state index in [-0.39, 0.29) is 22.2 Å². The predicted molar refractivity (Wildman–Crippen MR) is 125 cm³/mol. The van der Waals surface area contributed by atoms with E-state index in [1.165, 1.54) is 19.2 Å². The van der Waals surface area contributed by atoms with Crippen LogP contribution in [0, 0.1) is 0 Å². The molecule has 10 heteroatoms. The van der Waals surface area contributed by atoms with Crippen LogP contribution in [0.1, 0.15) is 16.8 Å². The van der Waals surface area contributed by atoms with Crippen molar-refractivity contribution in [1.29, 1.82) is 0 Å². The molecule has 0 radical (unpaired) electrons. The molecule has 0 saturated heterocycles. The van der Waals surface area contributed by atoms with Gasteiger partial charge in [0, 0.05) is 5.69 Å². The van der Waals surface area contributed by atoms with E-state index in [0.29, 0.717) is 23.1 Å². The van der Waals surface area contributed by atoms with Gasteiger partial charge in [-0.05, 0) is 36.8 Å². The van der Waals surface area contributed by atoms with Crippen molar-refractivity contribution < 1.29 is 17.9 Å². The van der Waals surface area contributed by atoms with Crippen LogP contribution in [0.15, 0.2) is 66.8 Å². The van der Waals surface area contributed by atoms with Gasteiger partial charge in [0.25, 0.3) is 0 Å². The second-order valence-corrected chi connectivity index (χ2v) is 9.26. The number of carbonyl (C=O) groups excluding carboxylic acids is 1. The van der Waals surface area contributed by atoms with Crippen molar-refractivity contribution in [3.63, 3.8) is 0 Å². The molecule has 0 saturated carbocycles. The summed E-state index contributed by atoms with van der Waals surface area (Å²) in [6.07, 6.45) is 7.26. The molecular formula is C22H19ClN4O4S. The fraction of sp³-hybridized carbons (Fsp3) is 0.136. The average molecular weight is 471 g/mol. The number of methoxy groups -OCH3 is 1. The molecule has 1 atom stereocenters. The third-order valence-electron chi connectivity index (χ3n) is 4.78. The van der Waals surface area contributed by atoms with Crippen LogP contribution in [0.5, 0.6) is 0 Å². The second kappa shape index (κ2) is 8.97. The fourth-order valence-electron chi connectivity index (χ4n) is 3.16. The van der Waals surface area contributed by atoms with Crippen LogP contribution in [-0.4, -0.2) is 36.7 Å². The lowest BCUT2D eigenvalue weighted by Crippen LogP contribution is -2.27. The molecule has 0 fully saturated rings. The van der Waals surface area contributed by atoms with Gasteiger partial charge >= 0.3 is 5.97 Å². The number of ether oxygens (including phenoxy) is 1. The number of para-hydroxylation sites is 2. The molecular weight excluding hydrogens is 452 g/mol. The molecule has 0 aliphatic heterocycles. The van der Waals surface area contributed by atoms with Crippen molar-refractivity contribution in [3.8, 4) is 0 Å². The van der Waals surface area contributed by atoms with Gasteiger partial charge in [-0.15, -0.1) is 0 Å². The molecule has 0 bridgehead atoms. The normalized spacial score (nSPS) is 15.5. The van der Waals surface area contributed by atoms with Gasteiger partial charge in [-0.2, -0.15) is 0 Å². The maximum absolute atomic E-state index is 13.0. The molecule has 3 aromatic rings. The number of nitrogens with one attached hydrogen (secondary N) is 2. The molecule has 1 unspecified atom stereocenters. The zero-order valence-electron chi connectivity index (χ0n) is 16.9. The van der Waals surface area contributed by atoms with E-state index < -0.39 is 21.2 Å². The topological polar surface area (TPSA) is 110 Å². The van der Waals surface area contributed by atoms with Crippen molar-refractivity contribution in [2.45, 2.75) is 11.7 Å². The molecule has 2 N–H and O–H groups in total.